The van der Waals surface area contributed by atoms with Gasteiger partial charge in [0.15, 0.2) is 0 Å². The van der Waals surface area contributed by atoms with E-state index in [1.807, 2.05) is 0 Å². The van der Waals surface area contributed by atoms with Gasteiger partial charge in [0.05, 0.1) is 13.3 Å². The second-order valence-electron chi connectivity index (χ2n) is 8.21. The van der Waals surface area contributed by atoms with E-state index in [1.165, 1.54) is 27.0 Å². The Labute approximate surface area is 187 Å². The molecule has 2 heteroatoms. The molecular weight excluding hydrogens is 395 g/mol. The summed E-state index contributed by atoms with van der Waals surface area (Å²) in [5.74, 6) is 1.38. The Morgan fingerprint density at radius 2 is 1.10 bits per heavy atom. The summed E-state index contributed by atoms with van der Waals surface area (Å²) in [7, 11) is -0.130. The number of hydrogen-bond donors (Lipinski definition) is 0. The van der Waals surface area contributed by atoms with Gasteiger partial charge in [-0.3, -0.25) is 0 Å². The number of rotatable bonds is 7. The summed E-state index contributed by atoms with van der Waals surface area (Å²) in [6.07, 6.45) is 0.981. The maximum atomic E-state index is 5.65. The molecule has 0 N–H and O–H groups in total. The lowest BCUT2D eigenvalue weighted by molar-refractivity contribution is 0.407. The number of ether oxygens (including phenoxy) is 1. The van der Waals surface area contributed by atoms with Gasteiger partial charge in [0.2, 0.25) is 0 Å². The minimum atomic E-state index is -1.89. The topological polar surface area (TPSA) is 9.23 Å². The van der Waals surface area contributed by atoms with Crippen molar-refractivity contribution in [3.63, 3.8) is 0 Å². The molecule has 0 spiro atoms. The lowest BCUT2D eigenvalue weighted by Gasteiger charge is -2.28. The number of methoxy groups -OCH3 is 1. The summed E-state index contributed by atoms with van der Waals surface area (Å²) in [5, 5.41) is 4.23. The van der Waals surface area contributed by atoms with E-state index in [9.17, 15) is 0 Å². The summed E-state index contributed by atoms with van der Waals surface area (Å²) < 4.78 is 5.65. The van der Waals surface area contributed by atoms with Crippen molar-refractivity contribution in [2.45, 2.75) is 25.9 Å². The number of benzene rings is 4. The van der Waals surface area contributed by atoms with Crippen LogP contribution in [0.15, 0.2) is 109 Å². The van der Waals surface area contributed by atoms with Crippen LogP contribution in [0.2, 0.25) is 0 Å². The molecule has 4 aromatic rings. The van der Waals surface area contributed by atoms with E-state index < -0.39 is 7.26 Å². The summed E-state index contributed by atoms with van der Waals surface area (Å²) in [4.78, 5) is 0. The van der Waals surface area contributed by atoms with Gasteiger partial charge in [-0.1, -0.05) is 74.5 Å². The summed E-state index contributed by atoms with van der Waals surface area (Å²) in [5.41, 5.74) is 2.63. The highest BCUT2D eigenvalue weighted by Gasteiger charge is 2.45. The zero-order chi connectivity index (χ0) is 21.7. The van der Waals surface area contributed by atoms with Crippen LogP contribution in [-0.2, 0) is 6.16 Å². The molecule has 0 aliphatic carbocycles. The molecule has 0 radical (unpaired) electrons. The van der Waals surface area contributed by atoms with E-state index in [-0.39, 0.29) is 0 Å². The van der Waals surface area contributed by atoms with Crippen molar-refractivity contribution < 1.29 is 4.74 Å². The molecule has 0 aliphatic rings. The average Bonchev–Trinajstić information content (AvgIpc) is 2.84. The zero-order valence-electron chi connectivity index (χ0n) is 18.5. The molecule has 0 aromatic heterocycles. The van der Waals surface area contributed by atoms with Crippen LogP contribution in [0, 0.1) is 0 Å². The molecule has 31 heavy (non-hydrogen) atoms. The second kappa shape index (κ2) is 9.50. The van der Waals surface area contributed by atoms with Gasteiger partial charge in [0.1, 0.15) is 28.9 Å². The van der Waals surface area contributed by atoms with Crippen molar-refractivity contribution in [2.75, 3.05) is 7.11 Å². The van der Waals surface area contributed by atoms with Gasteiger partial charge in [-0.05, 0) is 65.6 Å². The van der Waals surface area contributed by atoms with Crippen molar-refractivity contribution in [3.05, 3.63) is 120 Å². The Balaban J connectivity index is 1.96. The lowest BCUT2D eigenvalue weighted by Crippen LogP contribution is -2.32. The molecule has 0 saturated heterocycles. The van der Waals surface area contributed by atoms with E-state index in [2.05, 4.69) is 123 Å². The molecule has 156 valence electrons. The first-order chi connectivity index (χ1) is 15.1. The fourth-order valence-corrected chi connectivity index (χ4v) is 8.61. The van der Waals surface area contributed by atoms with Crippen LogP contribution in [-0.4, -0.2) is 7.11 Å². The first-order valence-electron chi connectivity index (χ1n) is 10.9. The second-order valence-corrected chi connectivity index (χ2v) is 11.7. The minimum Gasteiger partial charge on any atom is -0.496 e. The van der Waals surface area contributed by atoms with Crippen molar-refractivity contribution >= 4 is 23.2 Å². The standard InChI is InChI=1S/C29H30OP/c1-23(2)28-21-24(19-20-29(28)30-3)22-31(25-13-7-4-8-14-25,26-15-9-5-10-16-26)27-17-11-6-12-18-27/h4-21,23H,22H2,1-3H3/q+1. The third-order valence-electron chi connectivity index (χ3n) is 5.93. The van der Waals surface area contributed by atoms with Crippen LogP contribution in [0.4, 0.5) is 0 Å². The van der Waals surface area contributed by atoms with E-state index in [0.717, 1.165) is 11.9 Å². The molecule has 0 heterocycles. The quantitative estimate of drug-likeness (QED) is 0.315. The molecule has 0 unspecified atom stereocenters. The van der Waals surface area contributed by atoms with Crippen molar-refractivity contribution in [1.82, 2.24) is 0 Å². The SMILES string of the molecule is COc1ccc(C[P+](c2ccccc2)(c2ccccc2)c2ccccc2)cc1C(C)C. The van der Waals surface area contributed by atoms with Crippen LogP contribution < -0.4 is 20.7 Å². The van der Waals surface area contributed by atoms with E-state index in [0.29, 0.717) is 5.92 Å². The molecule has 1 nitrogen and oxygen atoms in total. The van der Waals surface area contributed by atoms with Crippen LogP contribution in [0.25, 0.3) is 0 Å². The molecule has 0 atom stereocenters. The Morgan fingerprint density at radius 1 is 0.645 bits per heavy atom. The smallest absolute Gasteiger partial charge is 0.122 e. The fourth-order valence-electron chi connectivity index (χ4n) is 4.38. The summed E-state index contributed by atoms with van der Waals surface area (Å²) >= 11 is 0. The summed E-state index contributed by atoms with van der Waals surface area (Å²) in [6.45, 7) is 4.46. The molecule has 0 aliphatic heterocycles. The van der Waals surface area contributed by atoms with Gasteiger partial charge in [0, 0.05) is 0 Å². The number of hydrogen-bond acceptors (Lipinski definition) is 1. The molecule has 4 rings (SSSR count). The molecule has 0 saturated carbocycles. The van der Waals surface area contributed by atoms with Crippen LogP contribution >= 0.6 is 7.26 Å². The maximum Gasteiger partial charge on any atom is 0.122 e. The first-order valence-corrected chi connectivity index (χ1v) is 12.8. The molecule has 0 bridgehead atoms. The van der Waals surface area contributed by atoms with Gasteiger partial charge in [-0.2, -0.15) is 0 Å². The van der Waals surface area contributed by atoms with Crippen LogP contribution in [0.5, 0.6) is 5.75 Å². The van der Waals surface area contributed by atoms with E-state index >= 15 is 0 Å². The first kappa shape index (κ1) is 21.3. The minimum absolute atomic E-state index is 0.410. The monoisotopic (exact) mass is 425 g/mol. The van der Waals surface area contributed by atoms with Gasteiger partial charge >= 0.3 is 0 Å². The largest absolute Gasteiger partial charge is 0.496 e. The predicted octanol–water partition coefficient (Wildman–Crippen LogP) is 6.31. The van der Waals surface area contributed by atoms with E-state index in [1.54, 1.807) is 7.11 Å². The Bertz CT molecular complexity index is 1010. The third-order valence-corrected chi connectivity index (χ3v) is 10.3. The zero-order valence-corrected chi connectivity index (χ0v) is 19.4. The van der Waals surface area contributed by atoms with E-state index in [4.69, 9.17) is 4.74 Å². The Morgan fingerprint density at radius 3 is 1.48 bits per heavy atom. The highest BCUT2D eigenvalue weighted by atomic mass is 31.2. The Hall–Kier alpha value is -2.89. The molecular formula is C29H30OP+. The molecule has 4 aromatic carbocycles. The maximum absolute atomic E-state index is 5.65. The Kier molecular flexibility index (Phi) is 6.54. The highest BCUT2D eigenvalue weighted by molar-refractivity contribution is 7.95. The van der Waals surface area contributed by atoms with Gasteiger partial charge < -0.3 is 4.74 Å². The van der Waals surface area contributed by atoms with Crippen molar-refractivity contribution in [3.8, 4) is 5.75 Å². The molecule has 0 fully saturated rings. The fraction of sp³-hybridized carbons (Fsp3) is 0.172. The van der Waals surface area contributed by atoms with Gasteiger partial charge in [-0.15, -0.1) is 0 Å². The van der Waals surface area contributed by atoms with Crippen LogP contribution in [0.3, 0.4) is 0 Å². The van der Waals surface area contributed by atoms with Gasteiger partial charge in [-0.25, -0.2) is 0 Å². The van der Waals surface area contributed by atoms with Crippen molar-refractivity contribution in [2.24, 2.45) is 0 Å². The summed E-state index contributed by atoms with van der Waals surface area (Å²) in [6, 6.07) is 39.9. The average molecular weight is 426 g/mol. The van der Waals surface area contributed by atoms with Gasteiger partial charge in [0.25, 0.3) is 0 Å². The van der Waals surface area contributed by atoms with Crippen molar-refractivity contribution in [1.29, 1.82) is 0 Å². The third kappa shape index (κ3) is 4.29. The lowest BCUT2D eigenvalue weighted by atomic mass is 10.00. The molecule has 0 amide bonds. The van der Waals surface area contributed by atoms with Crippen LogP contribution in [0.1, 0.15) is 30.9 Å². The highest BCUT2D eigenvalue weighted by Crippen LogP contribution is 2.58. The normalized spacial score (nSPS) is 11.5. The predicted molar refractivity (Wildman–Crippen MR) is 136 cm³/mol.